The Bertz CT molecular complexity index is 320. The average molecular weight is 174 g/mol. The van der Waals surface area contributed by atoms with Crippen LogP contribution in [0.5, 0.6) is 0 Å². The molecule has 0 amide bonds. The van der Waals surface area contributed by atoms with Crippen LogP contribution < -0.4 is 0 Å². The fraction of sp³-hybridized carbons (Fsp3) is 0.333. The number of allylic oxidation sites excluding steroid dienone is 5. The van der Waals surface area contributed by atoms with Crippen molar-refractivity contribution < 1.29 is 4.74 Å². The minimum Gasteiger partial charge on any atom is -0.376 e. The fourth-order valence-electron chi connectivity index (χ4n) is 1.96. The lowest BCUT2D eigenvalue weighted by Gasteiger charge is -2.28. The van der Waals surface area contributed by atoms with E-state index in [9.17, 15) is 0 Å². The maximum absolute atomic E-state index is 5.43. The van der Waals surface area contributed by atoms with Gasteiger partial charge < -0.3 is 4.74 Å². The molecule has 0 unspecified atom stereocenters. The highest BCUT2D eigenvalue weighted by Gasteiger charge is 2.37. The molecule has 2 aliphatic carbocycles. The lowest BCUT2D eigenvalue weighted by molar-refractivity contribution is 0.0855. The van der Waals surface area contributed by atoms with Crippen LogP contribution in [-0.2, 0) is 4.74 Å². The Labute approximate surface area is 79.1 Å². The van der Waals surface area contributed by atoms with E-state index in [4.69, 9.17) is 4.74 Å². The largest absolute Gasteiger partial charge is 0.376 e. The summed E-state index contributed by atoms with van der Waals surface area (Å²) in [6.45, 7) is 2.20. The Morgan fingerprint density at radius 2 is 2.15 bits per heavy atom. The minimum atomic E-state index is 0.0260. The summed E-state index contributed by atoms with van der Waals surface area (Å²) in [6, 6.07) is 0. The molecule has 13 heavy (non-hydrogen) atoms. The third kappa shape index (κ3) is 1.20. The lowest BCUT2D eigenvalue weighted by atomic mass is 9.81. The van der Waals surface area contributed by atoms with E-state index in [0.29, 0.717) is 0 Å². The molecule has 0 fully saturated rings. The van der Waals surface area contributed by atoms with Crippen molar-refractivity contribution >= 4 is 0 Å². The van der Waals surface area contributed by atoms with Crippen LogP contribution in [0.2, 0.25) is 0 Å². The summed E-state index contributed by atoms with van der Waals surface area (Å²) in [5, 5.41) is 0. The minimum absolute atomic E-state index is 0.0260. The molecule has 0 radical (unpaired) electrons. The molecule has 68 valence electrons. The standard InChI is InChI=1S/C12H14O/c1-12-9-5-3-4-6-10(12)7-8-11(12)13-2/h3-9,11H,1-2H3/t11-,12-/m0/s1. The molecule has 0 saturated heterocycles. The quantitative estimate of drug-likeness (QED) is 0.593. The Hall–Kier alpha value is -1.08. The van der Waals surface area contributed by atoms with Gasteiger partial charge in [-0.15, -0.1) is 0 Å². The zero-order valence-electron chi connectivity index (χ0n) is 8.03. The molecule has 0 spiro atoms. The number of fused-ring (bicyclic) bond motifs is 1. The van der Waals surface area contributed by atoms with E-state index in [1.54, 1.807) is 7.11 Å². The van der Waals surface area contributed by atoms with Crippen molar-refractivity contribution in [1.29, 1.82) is 0 Å². The zero-order chi connectivity index (χ0) is 9.31. The molecule has 0 aromatic heterocycles. The van der Waals surface area contributed by atoms with Gasteiger partial charge in [-0.3, -0.25) is 0 Å². The highest BCUT2D eigenvalue weighted by atomic mass is 16.5. The van der Waals surface area contributed by atoms with Gasteiger partial charge in [-0.2, -0.15) is 0 Å². The van der Waals surface area contributed by atoms with E-state index in [1.165, 1.54) is 5.57 Å². The molecule has 2 rings (SSSR count). The van der Waals surface area contributed by atoms with Crippen LogP contribution in [0.1, 0.15) is 6.92 Å². The summed E-state index contributed by atoms with van der Waals surface area (Å²) in [5.41, 5.74) is 1.35. The second-order valence-electron chi connectivity index (χ2n) is 3.66. The molecular weight excluding hydrogens is 160 g/mol. The third-order valence-electron chi connectivity index (χ3n) is 2.86. The molecule has 0 aromatic carbocycles. The summed E-state index contributed by atoms with van der Waals surface area (Å²) < 4.78 is 5.43. The molecule has 0 saturated carbocycles. The van der Waals surface area contributed by atoms with E-state index in [1.807, 2.05) is 0 Å². The molecule has 1 heteroatoms. The van der Waals surface area contributed by atoms with Gasteiger partial charge in [0.2, 0.25) is 0 Å². The molecule has 0 aliphatic heterocycles. The first kappa shape index (κ1) is 8.52. The Balaban J connectivity index is 2.43. The van der Waals surface area contributed by atoms with Crippen LogP contribution >= 0.6 is 0 Å². The Morgan fingerprint density at radius 3 is 2.92 bits per heavy atom. The van der Waals surface area contributed by atoms with Crippen LogP contribution in [0.25, 0.3) is 0 Å². The topological polar surface area (TPSA) is 9.23 Å². The average Bonchev–Trinajstić information content (AvgIpc) is 2.31. The van der Waals surface area contributed by atoms with E-state index in [0.717, 1.165) is 0 Å². The van der Waals surface area contributed by atoms with E-state index >= 15 is 0 Å². The molecule has 1 nitrogen and oxygen atoms in total. The van der Waals surface area contributed by atoms with Gasteiger partial charge in [0.25, 0.3) is 0 Å². The summed E-state index contributed by atoms with van der Waals surface area (Å²) in [4.78, 5) is 0. The summed E-state index contributed by atoms with van der Waals surface area (Å²) >= 11 is 0. The van der Waals surface area contributed by atoms with Gasteiger partial charge >= 0.3 is 0 Å². The molecule has 0 N–H and O–H groups in total. The summed E-state index contributed by atoms with van der Waals surface area (Å²) in [5.74, 6) is 0. The maximum Gasteiger partial charge on any atom is 0.0883 e. The number of hydrogen-bond donors (Lipinski definition) is 0. The summed E-state index contributed by atoms with van der Waals surface area (Å²) in [7, 11) is 1.76. The number of methoxy groups -OCH3 is 1. The fourth-order valence-corrected chi connectivity index (χ4v) is 1.96. The van der Waals surface area contributed by atoms with Gasteiger partial charge in [-0.05, 0) is 12.5 Å². The van der Waals surface area contributed by atoms with Crippen molar-refractivity contribution in [2.24, 2.45) is 5.41 Å². The van der Waals surface area contributed by atoms with Gasteiger partial charge in [-0.25, -0.2) is 0 Å². The van der Waals surface area contributed by atoms with Gasteiger partial charge in [0.05, 0.1) is 6.10 Å². The normalized spacial score (nSPS) is 35.8. The molecule has 2 aliphatic rings. The third-order valence-corrected chi connectivity index (χ3v) is 2.86. The number of hydrogen-bond acceptors (Lipinski definition) is 1. The Kier molecular flexibility index (Phi) is 1.97. The molecule has 2 atom stereocenters. The van der Waals surface area contributed by atoms with Crippen molar-refractivity contribution in [3.05, 3.63) is 48.1 Å². The first-order valence-corrected chi connectivity index (χ1v) is 4.55. The van der Waals surface area contributed by atoms with E-state index in [2.05, 4.69) is 49.5 Å². The van der Waals surface area contributed by atoms with Gasteiger partial charge in [0.1, 0.15) is 0 Å². The first-order valence-electron chi connectivity index (χ1n) is 4.55. The second-order valence-corrected chi connectivity index (χ2v) is 3.66. The number of ether oxygens (including phenoxy) is 1. The van der Waals surface area contributed by atoms with Gasteiger partial charge in [-0.1, -0.05) is 42.5 Å². The Morgan fingerprint density at radius 1 is 1.31 bits per heavy atom. The lowest BCUT2D eigenvalue weighted by Crippen LogP contribution is -2.27. The van der Waals surface area contributed by atoms with E-state index < -0.39 is 0 Å². The molecule has 0 aromatic rings. The van der Waals surface area contributed by atoms with Gasteiger partial charge in [0.15, 0.2) is 0 Å². The molecule has 0 heterocycles. The van der Waals surface area contributed by atoms with Crippen molar-refractivity contribution in [2.75, 3.05) is 7.11 Å². The van der Waals surface area contributed by atoms with Crippen LogP contribution in [0, 0.1) is 5.41 Å². The smallest absolute Gasteiger partial charge is 0.0883 e. The van der Waals surface area contributed by atoms with Crippen LogP contribution in [0.15, 0.2) is 48.1 Å². The second kappa shape index (κ2) is 3.00. The zero-order valence-corrected chi connectivity index (χ0v) is 8.03. The monoisotopic (exact) mass is 174 g/mol. The first-order chi connectivity index (χ1) is 6.27. The van der Waals surface area contributed by atoms with E-state index in [-0.39, 0.29) is 11.5 Å². The van der Waals surface area contributed by atoms with Gasteiger partial charge in [0, 0.05) is 12.5 Å². The maximum atomic E-state index is 5.43. The summed E-state index contributed by atoms with van der Waals surface area (Å²) in [6.07, 6.45) is 15.0. The SMILES string of the molecule is CO[C@H]1C=CC2=CC=CC=C[C@@]21C. The van der Waals surface area contributed by atoms with Crippen molar-refractivity contribution in [2.45, 2.75) is 13.0 Å². The van der Waals surface area contributed by atoms with Crippen LogP contribution in [0.3, 0.4) is 0 Å². The van der Waals surface area contributed by atoms with Crippen molar-refractivity contribution in [3.63, 3.8) is 0 Å². The van der Waals surface area contributed by atoms with Crippen molar-refractivity contribution in [1.82, 2.24) is 0 Å². The molecule has 0 bridgehead atoms. The van der Waals surface area contributed by atoms with Crippen molar-refractivity contribution in [3.8, 4) is 0 Å². The number of rotatable bonds is 1. The predicted octanol–water partition coefficient (Wildman–Crippen LogP) is 2.63. The molecular formula is C12H14O. The van der Waals surface area contributed by atoms with Crippen LogP contribution in [-0.4, -0.2) is 13.2 Å². The predicted molar refractivity (Wildman–Crippen MR) is 54.4 cm³/mol. The highest BCUT2D eigenvalue weighted by molar-refractivity contribution is 5.45. The van der Waals surface area contributed by atoms with Crippen LogP contribution in [0.4, 0.5) is 0 Å². The highest BCUT2D eigenvalue weighted by Crippen LogP contribution is 2.41.